The van der Waals surface area contributed by atoms with Gasteiger partial charge in [0.15, 0.2) is 12.1 Å². The van der Waals surface area contributed by atoms with E-state index < -0.39 is 29.8 Å². The first-order chi connectivity index (χ1) is 14.4. The van der Waals surface area contributed by atoms with Gasteiger partial charge in [-0.15, -0.1) is 0 Å². The average molecular weight is 428 g/mol. The number of ether oxygens (including phenoxy) is 1. The Hall–Kier alpha value is -3.46. The topological polar surface area (TPSA) is 104 Å². The second-order valence-corrected chi connectivity index (χ2v) is 7.37. The van der Waals surface area contributed by atoms with Gasteiger partial charge >= 0.3 is 0 Å². The van der Waals surface area contributed by atoms with Crippen LogP contribution >= 0.6 is 11.6 Å². The molecule has 2 aliphatic rings. The lowest BCUT2D eigenvalue weighted by Crippen LogP contribution is -2.43. The van der Waals surface area contributed by atoms with E-state index in [1.165, 1.54) is 18.2 Å². The molecule has 2 aromatic carbocycles. The first-order valence-corrected chi connectivity index (χ1v) is 9.52. The van der Waals surface area contributed by atoms with Crippen LogP contribution in [-0.4, -0.2) is 48.5 Å². The number of nitrogens with one attached hydrogen (secondary N) is 1. The molecule has 0 aromatic heterocycles. The molecule has 0 aliphatic carbocycles. The first kappa shape index (κ1) is 19.8. The van der Waals surface area contributed by atoms with Gasteiger partial charge in [-0.25, -0.2) is 4.90 Å². The van der Waals surface area contributed by atoms with Crippen molar-refractivity contribution < 1.29 is 19.1 Å². The number of carbonyl (C=O) groups is 3. The number of methoxy groups -OCH3 is 1. The highest BCUT2D eigenvalue weighted by atomic mass is 35.5. The number of carbonyl (C=O) groups excluding carboxylic acids is 3. The van der Waals surface area contributed by atoms with Gasteiger partial charge < -0.3 is 10.1 Å². The van der Waals surface area contributed by atoms with Crippen LogP contribution in [0.25, 0.3) is 0 Å². The van der Waals surface area contributed by atoms with Crippen molar-refractivity contribution in [2.75, 3.05) is 23.9 Å². The van der Waals surface area contributed by atoms with Crippen LogP contribution < -0.4 is 15.0 Å². The predicted octanol–water partition coefficient (Wildman–Crippen LogP) is 2.59. The molecule has 2 atom stereocenters. The van der Waals surface area contributed by atoms with Crippen molar-refractivity contribution in [1.82, 2.24) is 5.01 Å². The molecule has 2 heterocycles. The predicted molar refractivity (Wildman–Crippen MR) is 109 cm³/mol. The molecule has 0 spiro atoms. The molecule has 1 saturated heterocycles. The summed E-state index contributed by atoms with van der Waals surface area (Å²) in [5.41, 5.74) is 1.81. The number of aryl methyl sites for hydroxylation is 1. The summed E-state index contributed by atoms with van der Waals surface area (Å²) in [6.07, 6.45) is 0. The van der Waals surface area contributed by atoms with Crippen molar-refractivity contribution >= 4 is 40.7 Å². The third kappa shape index (κ3) is 3.48. The zero-order valence-corrected chi connectivity index (χ0v) is 17.0. The van der Waals surface area contributed by atoms with Crippen LogP contribution in [0, 0.1) is 6.92 Å². The smallest absolute Gasteiger partial charge is 0.263 e. The molecule has 1 fully saturated rings. The number of benzene rings is 2. The van der Waals surface area contributed by atoms with Gasteiger partial charge in [-0.2, -0.15) is 5.11 Å². The number of halogens is 1. The number of fused-ring (bicyclic) bond motifs is 1. The Bertz CT molecular complexity index is 1070. The van der Waals surface area contributed by atoms with E-state index in [2.05, 4.69) is 15.7 Å². The summed E-state index contributed by atoms with van der Waals surface area (Å²) in [6.45, 7) is 1.64. The Morgan fingerprint density at radius 2 is 2.00 bits per heavy atom. The van der Waals surface area contributed by atoms with Crippen LogP contribution in [0.4, 0.5) is 11.4 Å². The highest BCUT2D eigenvalue weighted by Crippen LogP contribution is 2.33. The van der Waals surface area contributed by atoms with Crippen LogP contribution in [-0.2, 0) is 14.4 Å². The molecule has 9 nitrogen and oxygen atoms in total. The third-order valence-electron chi connectivity index (χ3n) is 4.86. The molecule has 10 heteroatoms. The number of amides is 3. The molecule has 3 amide bonds. The van der Waals surface area contributed by atoms with Crippen LogP contribution in [0.15, 0.2) is 52.8 Å². The maximum absolute atomic E-state index is 13.0. The van der Waals surface area contributed by atoms with Crippen molar-refractivity contribution in [3.63, 3.8) is 0 Å². The zero-order chi connectivity index (χ0) is 21.4. The molecule has 0 saturated carbocycles. The van der Waals surface area contributed by atoms with Crippen molar-refractivity contribution in [2.45, 2.75) is 19.0 Å². The molecular weight excluding hydrogens is 410 g/mol. The third-order valence-corrected chi connectivity index (χ3v) is 5.09. The molecule has 4 rings (SSSR count). The fourth-order valence-corrected chi connectivity index (χ4v) is 3.66. The SMILES string of the molecule is COc1ccc(C)cc1NC(=O)CN1N=NC2C(=O)N(c3cccc(Cl)c3)C(=O)C21. The van der Waals surface area contributed by atoms with Gasteiger partial charge in [-0.3, -0.25) is 19.4 Å². The minimum Gasteiger partial charge on any atom is -0.495 e. The van der Waals surface area contributed by atoms with Gasteiger partial charge in [-0.1, -0.05) is 29.0 Å². The summed E-state index contributed by atoms with van der Waals surface area (Å²) in [4.78, 5) is 39.3. The van der Waals surface area contributed by atoms with Gasteiger partial charge in [0.25, 0.3) is 11.8 Å². The molecule has 30 heavy (non-hydrogen) atoms. The lowest BCUT2D eigenvalue weighted by Gasteiger charge is -2.20. The summed E-state index contributed by atoms with van der Waals surface area (Å²) in [5.74, 6) is -0.911. The van der Waals surface area contributed by atoms with Crippen molar-refractivity contribution in [2.24, 2.45) is 10.3 Å². The highest BCUT2D eigenvalue weighted by molar-refractivity contribution is 6.31. The molecule has 0 radical (unpaired) electrons. The van der Waals surface area contributed by atoms with Crippen molar-refractivity contribution in [1.29, 1.82) is 0 Å². The molecule has 2 aliphatic heterocycles. The minimum atomic E-state index is -0.988. The Labute approximate surface area is 177 Å². The highest BCUT2D eigenvalue weighted by Gasteiger charge is 2.55. The zero-order valence-electron chi connectivity index (χ0n) is 16.2. The Balaban J connectivity index is 1.50. The van der Waals surface area contributed by atoms with Crippen LogP contribution in [0.2, 0.25) is 5.02 Å². The van der Waals surface area contributed by atoms with E-state index >= 15 is 0 Å². The lowest BCUT2D eigenvalue weighted by molar-refractivity contribution is -0.123. The summed E-state index contributed by atoms with van der Waals surface area (Å²) in [7, 11) is 1.51. The largest absolute Gasteiger partial charge is 0.495 e. The summed E-state index contributed by atoms with van der Waals surface area (Å²) in [6, 6.07) is 9.86. The monoisotopic (exact) mass is 427 g/mol. The maximum Gasteiger partial charge on any atom is 0.263 e. The summed E-state index contributed by atoms with van der Waals surface area (Å²) < 4.78 is 5.26. The lowest BCUT2D eigenvalue weighted by atomic mass is 10.1. The number of rotatable bonds is 5. The van der Waals surface area contributed by atoms with Crippen LogP contribution in [0.5, 0.6) is 5.75 Å². The van der Waals surface area contributed by atoms with Crippen LogP contribution in [0.3, 0.4) is 0 Å². The Kier molecular flexibility index (Phi) is 5.13. The molecule has 154 valence electrons. The quantitative estimate of drug-likeness (QED) is 0.738. The van der Waals surface area contributed by atoms with Crippen molar-refractivity contribution in [3.8, 4) is 5.75 Å². The Morgan fingerprint density at radius 1 is 1.20 bits per heavy atom. The second-order valence-electron chi connectivity index (χ2n) is 6.94. The van der Waals surface area contributed by atoms with Crippen molar-refractivity contribution in [3.05, 3.63) is 53.1 Å². The summed E-state index contributed by atoms with van der Waals surface area (Å²) >= 11 is 5.98. The molecule has 1 N–H and O–H groups in total. The number of hydrogen-bond acceptors (Lipinski definition) is 7. The summed E-state index contributed by atoms with van der Waals surface area (Å²) in [5, 5.41) is 12.2. The van der Waals surface area contributed by atoms with Gasteiger partial charge in [-0.05, 0) is 42.8 Å². The van der Waals surface area contributed by atoms with Gasteiger partial charge in [0.2, 0.25) is 5.91 Å². The molecular formula is C20H18ClN5O4. The normalized spacial score (nSPS) is 20.0. The van der Waals surface area contributed by atoms with Gasteiger partial charge in [0.1, 0.15) is 12.3 Å². The van der Waals surface area contributed by atoms with E-state index in [4.69, 9.17) is 16.3 Å². The van der Waals surface area contributed by atoms with E-state index in [0.717, 1.165) is 10.5 Å². The fraction of sp³-hybridized carbons (Fsp3) is 0.250. The van der Waals surface area contributed by atoms with E-state index in [0.29, 0.717) is 22.1 Å². The van der Waals surface area contributed by atoms with E-state index in [1.807, 2.05) is 13.0 Å². The first-order valence-electron chi connectivity index (χ1n) is 9.14. The minimum absolute atomic E-state index is 0.246. The van der Waals surface area contributed by atoms with Crippen LogP contribution in [0.1, 0.15) is 5.56 Å². The number of imide groups is 1. The number of hydrogen-bond donors (Lipinski definition) is 1. The van der Waals surface area contributed by atoms with E-state index in [9.17, 15) is 14.4 Å². The van der Waals surface area contributed by atoms with Gasteiger partial charge in [0, 0.05) is 5.02 Å². The molecule has 2 aromatic rings. The number of nitrogens with zero attached hydrogens (tertiary/aromatic N) is 4. The van der Waals surface area contributed by atoms with E-state index in [1.54, 1.807) is 30.3 Å². The second kappa shape index (κ2) is 7.75. The standard InChI is InChI=1S/C20H18ClN5O4/c1-11-6-7-15(30-2)14(8-11)22-16(27)10-25-18-17(23-24-25)19(28)26(20(18)29)13-5-3-4-12(21)9-13/h3-9,17-18H,10H2,1-2H3,(H,22,27). The maximum atomic E-state index is 13.0. The molecule has 0 bridgehead atoms. The number of anilines is 2. The fourth-order valence-electron chi connectivity index (χ4n) is 3.48. The van der Waals surface area contributed by atoms with Gasteiger partial charge in [0.05, 0.1) is 18.5 Å². The molecule has 2 unspecified atom stereocenters. The average Bonchev–Trinajstić information content (AvgIpc) is 3.21. The van der Waals surface area contributed by atoms with E-state index in [-0.39, 0.29) is 6.54 Å². The Morgan fingerprint density at radius 3 is 2.73 bits per heavy atom.